The molecule has 0 N–H and O–H groups in total. The molecule has 0 aromatic carbocycles. The van der Waals surface area contributed by atoms with E-state index in [4.69, 9.17) is 4.74 Å². The average Bonchev–Trinajstić information content (AvgIpc) is 2.56. The standard InChI is InChI=1S/C10H14O2S2/c1-3-12-9(11)7-8(2)14-10-5-4-6-13-10/h4-6,8H,3,7H2,1-2H3. The number of thioether (sulfide) groups is 1. The van der Waals surface area contributed by atoms with Gasteiger partial charge in [0.05, 0.1) is 17.2 Å². The molecule has 14 heavy (non-hydrogen) atoms. The number of hydrogen-bond acceptors (Lipinski definition) is 4. The molecule has 0 saturated heterocycles. The zero-order valence-electron chi connectivity index (χ0n) is 8.36. The molecule has 1 rings (SSSR count). The summed E-state index contributed by atoms with van der Waals surface area (Å²) in [6, 6.07) is 4.08. The van der Waals surface area contributed by atoms with E-state index in [-0.39, 0.29) is 11.2 Å². The minimum Gasteiger partial charge on any atom is -0.466 e. The highest BCUT2D eigenvalue weighted by atomic mass is 32.2. The molecular weight excluding hydrogens is 216 g/mol. The van der Waals surface area contributed by atoms with Gasteiger partial charge < -0.3 is 4.74 Å². The third kappa shape index (κ3) is 4.15. The molecule has 1 aromatic rings. The lowest BCUT2D eigenvalue weighted by Gasteiger charge is -2.08. The van der Waals surface area contributed by atoms with Gasteiger partial charge in [0.1, 0.15) is 0 Å². The molecular formula is C10H14O2S2. The second kappa shape index (κ2) is 6.09. The molecule has 0 bridgehead atoms. The van der Waals surface area contributed by atoms with Crippen molar-refractivity contribution >= 4 is 29.1 Å². The van der Waals surface area contributed by atoms with Crippen LogP contribution in [0.25, 0.3) is 0 Å². The molecule has 0 aliphatic heterocycles. The van der Waals surface area contributed by atoms with Crippen molar-refractivity contribution in [3.8, 4) is 0 Å². The molecule has 1 unspecified atom stereocenters. The Bertz CT molecular complexity index is 270. The first-order valence-corrected chi connectivity index (χ1v) is 6.34. The Morgan fingerprint density at radius 2 is 2.50 bits per heavy atom. The first-order valence-electron chi connectivity index (χ1n) is 4.58. The summed E-state index contributed by atoms with van der Waals surface area (Å²) in [6.45, 7) is 4.34. The van der Waals surface area contributed by atoms with Gasteiger partial charge in [0.15, 0.2) is 0 Å². The molecule has 2 nitrogen and oxygen atoms in total. The van der Waals surface area contributed by atoms with E-state index in [0.29, 0.717) is 13.0 Å². The fourth-order valence-corrected chi connectivity index (χ4v) is 3.13. The lowest BCUT2D eigenvalue weighted by Crippen LogP contribution is -2.10. The number of thiophene rings is 1. The van der Waals surface area contributed by atoms with Gasteiger partial charge in [0.2, 0.25) is 0 Å². The minimum atomic E-state index is -0.107. The van der Waals surface area contributed by atoms with Crippen LogP contribution in [0.1, 0.15) is 20.3 Å². The largest absolute Gasteiger partial charge is 0.466 e. The summed E-state index contributed by atoms with van der Waals surface area (Å²) in [5.41, 5.74) is 0. The van der Waals surface area contributed by atoms with Crippen LogP contribution in [0.2, 0.25) is 0 Å². The van der Waals surface area contributed by atoms with E-state index in [2.05, 4.69) is 6.07 Å². The highest BCUT2D eigenvalue weighted by molar-refractivity contribution is 8.01. The van der Waals surface area contributed by atoms with E-state index in [0.717, 1.165) is 0 Å². The van der Waals surface area contributed by atoms with Gasteiger partial charge in [-0.15, -0.1) is 23.1 Å². The van der Waals surface area contributed by atoms with Gasteiger partial charge in [-0.25, -0.2) is 0 Å². The Labute approximate surface area is 92.7 Å². The minimum absolute atomic E-state index is 0.107. The molecule has 4 heteroatoms. The molecule has 0 aliphatic rings. The third-order valence-electron chi connectivity index (χ3n) is 1.57. The van der Waals surface area contributed by atoms with Crippen LogP contribution in [0.5, 0.6) is 0 Å². The SMILES string of the molecule is CCOC(=O)CC(C)Sc1cccs1. The number of ether oxygens (including phenoxy) is 1. The highest BCUT2D eigenvalue weighted by Gasteiger charge is 2.11. The quantitative estimate of drug-likeness (QED) is 0.574. The zero-order chi connectivity index (χ0) is 10.4. The fraction of sp³-hybridized carbons (Fsp3) is 0.500. The van der Waals surface area contributed by atoms with Gasteiger partial charge in [-0.2, -0.15) is 0 Å². The maximum atomic E-state index is 11.1. The Morgan fingerprint density at radius 1 is 1.71 bits per heavy atom. The molecule has 78 valence electrons. The van der Waals surface area contributed by atoms with Crippen molar-refractivity contribution in [1.82, 2.24) is 0 Å². The van der Waals surface area contributed by atoms with Gasteiger partial charge >= 0.3 is 5.97 Å². The summed E-state index contributed by atoms with van der Waals surface area (Å²) >= 11 is 3.42. The average molecular weight is 230 g/mol. The van der Waals surface area contributed by atoms with Crippen LogP contribution in [-0.2, 0) is 9.53 Å². The van der Waals surface area contributed by atoms with Gasteiger partial charge in [-0.05, 0) is 18.4 Å². The Hall–Kier alpha value is -0.480. The molecule has 1 aromatic heterocycles. The molecule has 0 saturated carbocycles. The number of carbonyl (C=O) groups is 1. The van der Waals surface area contributed by atoms with E-state index in [9.17, 15) is 4.79 Å². The lowest BCUT2D eigenvalue weighted by molar-refractivity contribution is -0.142. The maximum absolute atomic E-state index is 11.1. The number of hydrogen-bond donors (Lipinski definition) is 0. The van der Waals surface area contributed by atoms with Crippen LogP contribution in [0.15, 0.2) is 21.7 Å². The fourth-order valence-electron chi connectivity index (χ4n) is 1.03. The predicted molar refractivity (Wildman–Crippen MR) is 60.9 cm³/mol. The summed E-state index contributed by atoms with van der Waals surface area (Å²) in [6.07, 6.45) is 0.483. The molecule has 0 spiro atoms. The third-order valence-corrected chi connectivity index (χ3v) is 3.75. The van der Waals surface area contributed by atoms with Crippen LogP contribution in [0.4, 0.5) is 0 Å². The Morgan fingerprint density at radius 3 is 3.07 bits per heavy atom. The Balaban J connectivity index is 2.29. The molecule has 0 aliphatic carbocycles. The van der Waals surface area contributed by atoms with Gasteiger partial charge in [-0.1, -0.05) is 13.0 Å². The van der Waals surface area contributed by atoms with E-state index >= 15 is 0 Å². The summed E-state index contributed by atoms with van der Waals surface area (Å²) in [5, 5.41) is 2.33. The molecule has 0 amide bonds. The molecule has 0 fully saturated rings. The van der Waals surface area contributed by atoms with Gasteiger partial charge in [0, 0.05) is 5.25 Å². The topological polar surface area (TPSA) is 26.3 Å². The van der Waals surface area contributed by atoms with E-state index in [1.807, 2.05) is 25.3 Å². The van der Waals surface area contributed by atoms with Crippen molar-refractivity contribution < 1.29 is 9.53 Å². The molecule has 0 radical (unpaired) electrons. The molecule has 1 atom stereocenters. The second-order valence-corrected chi connectivity index (χ2v) is 5.56. The van der Waals surface area contributed by atoms with Crippen molar-refractivity contribution in [2.24, 2.45) is 0 Å². The number of esters is 1. The van der Waals surface area contributed by atoms with Crippen LogP contribution in [-0.4, -0.2) is 17.8 Å². The van der Waals surface area contributed by atoms with E-state index in [1.165, 1.54) is 4.21 Å². The van der Waals surface area contributed by atoms with Gasteiger partial charge in [-0.3, -0.25) is 4.79 Å². The van der Waals surface area contributed by atoms with Crippen LogP contribution in [0, 0.1) is 0 Å². The summed E-state index contributed by atoms with van der Waals surface area (Å²) in [4.78, 5) is 11.1. The van der Waals surface area contributed by atoms with Crippen molar-refractivity contribution in [2.75, 3.05) is 6.61 Å². The number of carbonyl (C=O) groups excluding carboxylic acids is 1. The van der Waals surface area contributed by atoms with Gasteiger partial charge in [0.25, 0.3) is 0 Å². The second-order valence-electron chi connectivity index (χ2n) is 2.87. The summed E-state index contributed by atoms with van der Waals surface area (Å²) in [7, 11) is 0. The van der Waals surface area contributed by atoms with Crippen molar-refractivity contribution in [3.05, 3.63) is 17.5 Å². The summed E-state index contributed by atoms with van der Waals surface area (Å²) in [5.74, 6) is -0.107. The zero-order valence-corrected chi connectivity index (χ0v) is 9.99. The van der Waals surface area contributed by atoms with Crippen LogP contribution >= 0.6 is 23.1 Å². The number of rotatable bonds is 5. The first-order chi connectivity index (χ1) is 6.72. The normalized spacial score (nSPS) is 12.4. The maximum Gasteiger partial charge on any atom is 0.306 e. The van der Waals surface area contributed by atoms with Crippen LogP contribution in [0.3, 0.4) is 0 Å². The van der Waals surface area contributed by atoms with Crippen LogP contribution < -0.4 is 0 Å². The van der Waals surface area contributed by atoms with Crippen molar-refractivity contribution in [1.29, 1.82) is 0 Å². The van der Waals surface area contributed by atoms with E-state index < -0.39 is 0 Å². The monoisotopic (exact) mass is 230 g/mol. The van der Waals surface area contributed by atoms with Crippen molar-refractivity contribution in [2.45, 2.75) is 29.7 Å². The lowest BCUT2D eigenvalue weighted by atomic mass is 10.3. The van der Waals surface area contributed by atoms with E-state index in [1.54, 1.807) is 23.1 Å². The first kappa shape index (κ1) is 11.6. The molecule has 1 heterocycles. The summed E-state index contributed by atoms with van der Waals surface area (Å²) < 4.78 is 6.13. The highest BCUT2D eigenvalue weighted by Crippen LogP contribution is 2.29. The smallest absolute Gasteiger partial charge is 0.306 e. The predicted octanol–water partition coefficient (Wildman–Crippen LogP) is 3.18. The van der Waals surface area contributed by atoms with Crippen molar-refractivity contribution in [3.63, 3.8) is 0 Å². The Kier molecular flexibility index (Phi) is 5.04.